The molecule has 1 aromatic rings. The first-order valence-corrected chi connectivity index (χ1v) is 12.2. The van der Waals surface area contributed by atoms with Gasteiger partial charge in [0.15, 0.2) is 5.78 Å². The van der Waals surface area contributed by atoms with Crippen molar-refractivity contribution in [2.24, 2.45) is 17.3 Å². The van der Waals surface area contributed by atoms with Crippen LogP contribution in [0.4, 0.5) is 5.69 Å². The molecule has 5 rings (SSSR count). The average Bonchev–Trinajstić information content (AvgIpc) is 3.03. The van der Waals surface area contributed by atoms with E-state index >= 15 is 0 Å². The number of allylic oxidation sites excluding steroid dienone is 4. The van der Waals surface area contributed by atoms with Gasteiger partial charge >= 0.3 is 0 Å². The zero-order valence-corrected chi connectivity index (χ0v) is 19.9. The van der Waals surface area contributed by atoms with Crippen molar-refractivity contribution in [3.63, 3.8) is 0 Å². The molecule has 0 unspecified atom stereocenters. The summed E-state index contributed by atoms with van der Waals surface area (Å²) in [5, 5.41) is 11.7. The molecule has 0 aliphatic heterocycles. The fourth-order valence-electron chi connectivity index (χ4n) is 7.38. The summed E-state index contributed by atoms with van der Waals surface area (Å²) < 4.78 is 0. The van der Waals surface area contributed by atoms with Gasteiger partial charge in [-0.3, -0.25) is 4.79 Å². The third-order valence-electron chi connectivity index (χ3n) is 9.03. The molecule has 0 aromatic heterocycles. The Hall–Kier alpha value is -2.31. The Bertz CT molecular complexity index is 1070. The summed E-state index contributed by atoms with van der Waals surface area (Å²) in [5.74, 6) is 7.76. The van der Waals surface area contributed by atoms with Gasteiger partial charge in [0.25, 0.3) is 0 Å². The van der Waals surface area contributed by atoms with Crippen molar-refractivity contribution in [1.82, 2.24) is 0 Å². The number of hydrogen-bond acceptors (Lipinski definition) is 3. The first-order chi connectivity index (χ1) is 15.3. The monoisotopic (exact) mass is 429 g/mol. The summed E-state index contributed by atoms with van der Waals surface area (Å²) in [6, 6.07) is 8.97. The molecule has 0 saturated heterocycles. The molecule has 2 fully saturated rings. The molecule has 0 amide bonds. The molecule has 2 saturated carbocycles. The highest BCUT2D eigenvalue weighted by atomic mass is 16.3. The molecule has 5 atom stereocenters. The molecular weight excluding hydrogens is 394 g/mol. The highest BCUT2D eigenvalue weighted by Gasteiger charge is 2.62. The van der Waals surface area contributed by atoms with Crippen molar-refractivity contribution >= 4 is 11.5 Å². The van der Waals surface area contributed by atoms with Gasteiger partial charge in [-0.2, -0.15) is 0 Å². The summed E-state index contributed by atoms with van der Waals surface area (Å²) in [7, 11) is 4.14. The zero-order chi connectivity index (χ0) is 22.7. The number of anilines is 1. The number of rotatable bonds is 2. The van der Waals surface area contributed by atoms with E-state index in [0.29, 0.717) is 18.3 Å². The lowest BCUT2D eigenvalue weighted by atomic mass is 9.51. The average molecular weight is 430 g/mol. The minimum atomic E-state index is -0.914. The van der Waals surface area contributed by atoms with Gasteiger partial charge in [-0.25, -0.2) is 0 Å². The number of nitrogens with zero attached hydrogens (tertiary/aromatic N) is 1. The summed E-state index contributed by atoms with van der Waals surface area (Å²) >= 11 is 0. The van der Waals surface area contributed by atoms with Gasteiger partial charge in [0, 0.05) is 37.5 Å². The third kappa shape index (κ3) is 3.11. The third-order valence-corrected chi connectivity index (χ3v) is 9.03. The maximum Gasteiger partial charge on any atom is 0.156 e. The second-order valence-electron chi connectivity index (χ2n) is 10.8. The van der Waals surface area contributed by atoms with E-state index in [1.165, 1.54) is 22.4 Å². The SMILES string of the molecule is CC#C[C@@]1(O)CC[C@H]2[C@H]3CCC4=CC(=O)CCC4=C3[C@H](c3ccc(N(C)C)cc3)C[C@@]21C. The highest BCUT2D eigenvalue weighted by Crippen LogP contribution is 2.66. The molecule has 1 aromatic carbocycles. The fourth-order valence-corrected chi connectivity index (χ4v) is 7.38. The summed E-state index contributed by atoms with van der Waals surface area (Å²) in [6.45, 7) is 4.15. The maximum absolute atomic E-state index is 12.2. The fraction of sp³-hybridized carbons (Fsp3) is 0.552. The van der Waals surface area contributed by atoms with Gasteiger partial charge in [0.1, 0.15) is 5.60 Å². The first-order valence-electron chi connectivity index (χ1n) is 12.2. The van der Waals surface area contributed by atoms with Gasteiger partial charge in [0.2, 0.25) is 0 Å². The largest absolute Gasteiger partial charge is 0.378 e. The van der Waals surface area contributed by atoms with E-state index in [1.807, 2.05) is 13.0 Å². The van der Waals surface area contributed by atoms with Crippen molar-refractivity contribution in [3.8, 4) is 11.8 Å². The Balaban J connectivity index is 1.67. The van der Waals surface area contributed by atoms with E-state index in [0.717, 1.165) is 38.5 Å². The standard InChI is InChI=1S/C29H35NO2/c1-5-15-29(32)16-14-26-24-12-8-20-17-22(31)11-13-23(20)27(24)25(18-28(26,29)2)19-6-9-21(10-7-19)30(3)4/h6-7,9-10,17,24-26,32H,8,11-14,16,18H2,1-4H3/t24-,25+,26+,28+,29-/m1/s1. The normalized spacial score (nSPS) is 35.8. The zero-order valence-electron chi connectivity index (χ0n) is 19.9. The molecule has 3 heteroatoms. The molecule has 32 heavy (non-hydrogen) atoms. The molecule has 168 valence electrons. The van der Waals surface area contributed by atoms with Crippen LogP contribution in [0.5, 0.6) is 0 Å². The quantitative estimate of drug-likeness (QED) is 0.640. The van der Waals surface area contributed by atoms with Crippen molar-refractivity contribution in [1.29, 1.82) is 0 Å². The summed E-state index contributed by atoms with van der Waals surface area (Å²) in [5.41, 5.74) is 5.71. The smallest absolute Gasteiger partial charge is 0.156 e. The Morgan fingerprint density at radius 1 is 1.09 bits per heavy atom. The van der Waals surface area contributed by atoms with Crippen LogP contribution in [0, 0.1) is 29.1 Å². The van der Waals surface area contributed by atoms with E-state index in [-0.39, 0.29) is 17.1 Å². The van der Waals surface area contributed by atoms with Gasteiger partial charge in [-0.1, -0.05) is 30.6 Å². The number of fused-ring (bicyclic) bond motifs is 4. The van der Waals surface area contributed by atoms with Crippen LogP contribution in [0.15, 0.2) is 47.1 Å². The Morgan fingerprint density at radius 3 is 2.53 bits per heavy atom. The lowest BCUT2D eigenvalue weighted by Crippen LogP contribution is -2.51. The predicted octanol–water partition coefficient (Wildman–Crippen LogP) is 5.41. The van der Waals surface area contributed by atoms with Crippen LogP contribution in [0.3, 0.4) is 0 Å². The molecule has 4 aliphatic carbocycles. The summed E-state index contributed by atoms with van der Waals surface area (Å²) in [4.78, 5) is 14.3. The second-order valence-corrected chi connectivity index (χ2v) is 10.8. The van der Waals surface area contributed by atoms with Gasteiger partial charge < -0.3 is 10.0 Å². The van der Waals surface area contributed by atoms with Gasteiger partial charge in [-0.15, -0.1) is 5.92 Å². The van der Waals surface area contributed by atoms with Crippen molar-refractivity contribution in [2.75, 3.05) is 19.0 Å². The molecular formula is C29H35NO2. The predicted molar refractivity (Wildman–Crippen MR) is 129 cm³/mol. The van der Waals surface area contributed by atoms with E-state index < -0.39 is 5.60 Å². The highest BCUT2D eigenvalue weighted by molar-refractivity contribution is 5.93. The molecule has 0 heterocycles. The summed E-state index contributed by atoms with van der Waals surface area (Å²) in [6.07, 6.45) is 8.23. The Labute approximate surface area is 192 Å². The van der Waals surface area contributed by atoms with Crippen LogP contribution in [0.25, 0.3) is 0 Å². The van der Waals surface area contributed by atoms with Crippen LogP contribution in [0.2, 0.25) is 0 Å². The minimum Gasteiger partial charge on any atom is -0.378 e. The van der Waals surface area contributed by atoms with E-state index in [9.17, 15) is 9.90 Å². The second kappa shape index (κ2) is 7.63. The molecule has 1 N–H and O–H groups in total. The van der Waals surface area contributed by atoms with Crippen LogP contribution in [0.1, 0.15) is 70.3 Å². The number of carbonyl (C=O) groups excluding carboxylic acids is 1. The number of ketones is 1. The van der Waals surface area contributed by atoms with E-state index in [2.05, 4.69) is 62.0 Å². The Kier molecular flexibility index (Phi) is 5.13. The van der Waals surface area contributed by atoms with Crippen LogP contribution in [-0.4, -0.2) is 30.6 Å². The van der Waals surface area contributed by atoms with Crippen molar-refractivity contribution in [2.45, 2.75) is 70.3 Å². The number of aliphatic hydroxyl groups is 1. The minimum absolute atomic E-state index is 0.221. The molecule has 4 aliphatic rings. The molecule has 0 spiro atoms. The topological polar surface area (TPSA) is 40.5 Å². The van der Waals surface area contributed by atoms with Crippen molar-refractivity contribution < 1.29 is 9.90 Å². The van der Waals surface area contributed by atoms with Crippen LogP contribution in [-0.2, 0) is 4.79 Å². The van der Waals surface area contributed by atoms with E-state index in [4.69, 9.17) is 0 Å². The van der Waals surface area contributed by atoms with Crippen LogP contribution < -0.4 is 4.90 Å². The van der Waals surface area contributed by atoms with Gasteiger partial charge in [0.05, 0.1) is 0 Å². The lowest BCUT2D eigenvalue weighted by Gasteiger charge is -2.53. The first kappa shape index (κ1) is 21.5. The van der Waals surface area contributed by atoms with Crippen LogP contribution >= 0.6 is 0 Å². The molecule has 0 radical (unpaired) electrons. The van der Waals surface area contributed by atoms with Gasteiger partial charge in [-0.05, 0) is 92.2 Å². The van der Waals surface area contributed by atoms with E-state index in [1.54, 1.807) is 5.57 Å². The number of hydrogen-bond donors (Lipinski definition) is 1. The Morgan fingerprint density at radius 2 is 1.84 bits per heavy atom. The van der Waals surface area contributed by atoms with Crippen molar-refractivity contribution in [3.05, 3.63) is 52.6 Å². The number of carbonyl (C=O) groups is 1. The molecule has 0 bridgehead atoms. The molecule has 3 nitrogen and oxygen atoms in total. The maximum atomic E-state index is 12.2. The lowest BCUT2D eigenvalue weighted by molar-refractivity contribution is -0.114. The number of benzene rings is 1.